The van der Waals surface area contributed by atoms with Gasteiger partial charge in [0.25, 0.3) is 0 Å². The van der Waals surface area contributed by atoms with Crippen LogP contribution in [0.25, 0.3) is 0 Å². The van der Waals surface area contributed by atoms with Gasteiger partial charge in [-0.3, -0.25) is 5.41 Å². The molecule has 0 atom stereocenters. The summed E-state index contributed by atoms with van der Waals surface area (Å²) in [5.41, 5.74) is 0. The van der Waals surface area contributed by atoms with Gasteiger partial charge in [0.15, 0.2) is 10.9 Å². The second kappa shape index (κ2) is 3.29. The number of hydrogen-bond donors (Lipinski definition) is 2. The van der Waals surface area contributed by atoms with Gasteiger partial charge in [-0.05, 0) is 29.5 Å². The van der Waals surface area contributed by atoms with Crippen LogP contribution in [0.2, 0.25) is 0 Å². The molecule has 0 aromatic heterocycles. The highest BCUT2D eigenvalue weighted by Gasteiger charge is 1.99. The molecule has 0 saturated carbocycles. The second-order valence-corrected chi connectivity index (χ2v) is 3.19. The molecule has 4 heteroatoms. The molecule has 0 amide bonds. The van der Waals surface area contributed by atoms with Gasteiger partial charge in [0.1, 0.15) is 0 Å². The SMILES string of the molecule is C/C(I)=C(/O)C(=N)Cl. The zero-order valence-corrected chi connectivity index (χ0v) is 7.12. The van der Waals surface area contributed by atoms with Gasteiger partial charge in [0.05, 0.1) is 0 Å². The summed E-state index contributed by atoms with van der Waals surface area (Å²) in [6, 6.07) is 0. The van der Waals surface area contributed by atoms with Crippen LogP contribution in [0.5, 0.6) is 0 Å². The van der Waals surface area contributed by atoms with E-state index in [-0.39, 0.29) is 10.9 Å². The summed E-state index contributed by atoms with van der Waals surface area (Å²) in [5.74, 6) is -0.146. The Labute approximate surface area is 66.2 Å². The Hall–Kier alpha value is 0.230. The highest BCUT2D eigenvalue weighted by atomic mass is 127. The molecular formula is C4H5ClINO. The molecule has 0 rings (SSSR count). The summed E-state index contributed by atoms with van der Waals surface area (Å²) in [7, 11) is 0. The van der Waals surface area contributed by atoms with Crippen molar-refractivity contribution < 1.29 is 5.11 Å². The van der Waals surface area contributed by atoms with E-state index in [0.717, 1.165) is 0 Å². The van der Waals surface area contributed by atoms with Gasteiger partial charge < -0.3 is 5.11 Å². The molecule has 8 heavy (non-hydrogen) atoms. The first kappa shape index (κ1) is 8.23. The minimum Gasteiger partial charge on any atom is -0.504 e. The smallest absolute Gasteiger partial charge is 0.163 e. The maximum Gasteiger partial charge on any atom is 0.163 e. The molecule has 0 aliphatic carbocycles. The van der Waals surface area contributed by atoms with Crippen molar-refractivity contribution in [2.45, 2.75) is 6.92 Å². The van der Waals surface area contributed by atoms with E-state index in [1.165, 1.54) is 0 Å². The summed E-state index contributed by atoms with van der Waals surface area (Å²) in [6.45, 7) is 1.67. The summed E-state index contributed by atoms with van der Waals surface area (Å²) in [5, 5.41) is 15.1. The molecule has 0 aliphatic heterocycles. The number of nitrogens with one attached hydrogen (secondary N) is 1. The van der Waals surface area contributed by atoms with Crippen molar-refractivity contribution in [1.29, 1.82) is 5.41 Å². The summed E-state index contributed by atoms with van der Waals surface area (Å²) >= 11 is 6.98. The van der Waals surface area contributed by atoms with Crippen LogP contribution in [0.1, 0.15) is 6.92 Å². The van der Waals surface area contributed by atoms with Crippen molar-refractivity contribution in [2.75, 3.05) is 0 Å². The van der Waals surface area contributed by atoms with Crippen LogP contribution in [0.3, 0.4) is 0 Å². The Kier molecular flexibility index (Phi) is 3.39. The standard InChI is InChI=1S/C4H5ClINO/c1-2(6)3(8)4(5)7/h7-8H,1H3/b3-2-,7-4?. The highest BCUT2D eigenvalue weighted by molar-refractivity contribution is 14.1. The van der Waals surface area contributed by atoms with E-state index in [4.69, 9.17) is 22.1 Å². The third kappa shape index (κ3) is 2.52. The third-order valence-corrected chi connectivity index (χ3v) is 1.22. The van der Waals surface area contributed by atoms with Crippen molar-refractivity contribution in [3.63, 3.8) is 0 Å². The number of rotatable bonds is 1. The zero-order valence-electron chi connectivity index (χ0n) is 4.20. The van der Waals surface area contributed by atoms with Crippen molar-refractivity contribution in [2.24, 2.45) is 0 Å². The zero-order chi connectivity index (χ0) is 6.73. The van der Waals surface area contributed by atoms with Crippen molar-refractivity contribution in [3.05, 3.63) is 9.34 Å². The number of hydrogen-bond acceptors (Lipinski definition) is 2. The first-order chi connectivity index (χ1) is 3.55. The van der Waals surface area contributed by atoms with E-state index in [9.17, 15) is 0 Å². The maximum absolute atomic E-state index is 8.72. The fourth-order valence-corrected chi connectivity index (χ4v) is 0.722. The molecule has 0 saturated heterocycles. The van der Waals surface area contributed by atoms with Gasteiger partial charge in [-0.1, -0.05) is 11.6 Å². The second-order valence-electron chi connectivity index (χ2n) is 1.20. The van der Waals surface area contributed by atoms with Crippen molar-refractivity contribution >= 4 is 39.4 Å². The predicted octanol–water partition coefficient (Wildman–Crippen LogP) is 2.43. The van der Waals surface area contributed by atoms with Crippen LogP contribution in [0.4, 0.5) is 0 Å². The number of halogens is 2. The lowest BCUT2D eigenvalue weighted by Crippen LogP contribution is -1.90. The van der Waals surface area contributed by atoms with Crippen LogP contribution >= 0.6 is 34.2 Å². The highest BCUT2D eigenvalue weighted by Crippen LogP contribution is 2.10. The molecule has 0 spiro atoms. The van der Waals surface area contributed by atoms with E-state index >= 15 is 0 Å². The van der Waals surface area contributed by atoms with Gasteiger partial charge in [-0.2, -0.15) is 0 Å². The molecule has 0 fully saturated rings. The first-order valence-corrected chi connectivity index (χ1v) is 3.31. The fourth-order valence-electron chi connectivity index (χ4n) is 0.151. The molecule has 0 aliphatic rings. The molecule has 2 nitrogen and oxygen atoms in total. The Morgan fingerprint density at radius 2 is 2.12 bits per heavy atom. The molecule has 2 N–H and O–H groups in total. The van der Waals surface area contributed by atoms with E-state index < -0.39 is 0 Å². The van der Waals surface area contributed by atoms with Gasteiger partial charge in [-0.15, -0.1) is 0 Å². The molecule has 0 aromatic rings. The largest absolute Gasteiger partial charge is 0.504 e. The molecule has 0 radical (unpaired) electrons. The summed E-state index contributed by atoms with van der Waals surface area (Å²) < 4.78 is 0.627. The molecule has 0 unspecified atom stereocenters. The van der Waals surface area contributed by atoms with E-state index in [1.54, 1.807) is 6.92 Å². The lowest BCUT2D eigenvalue weighted by atomic mass is 10.5. The van der Waals surface area contributed by atoms with Gasteiger partial charge in [0, 0.05) is 3.58 Å². The number of allylic oxidation sites excluding steroid dienone is 2. The minimum atomic E-state index is -0.308. The third-order valence-electron chi connectivity index (χ3n) is 0.534. The lowest BCUT2D eigenvalue weighted by molar-refractivity contribution is 0.443. The number of aliphatic hydroxyl groups excluding tert-OH is 1. The fraction of sp³-hybridized carbons (Fsp3) is 0.250. The maximum atomic E-state index is 8.72. The van der Waals surface area contributed by atoms with E-state index in [2.05, 4.69) is 0 Å². The molecule has 0 bridgehead atoms. The Bertz CT molecular complexity index is 139. The van der Waals surface area contributed by atoms with Crippen LogP contribution in [-0.4, -0.2) is 10.3 Å². The Morgan fingerprint density at radius 3 is 2.12 bits per heavy atom. The average molecular weight is 245 g/mol. The van der Waals surface area contributed by atoms with Gasteiger partial charge in [0.2, 0.25) is 0 Å². The first-order valence-electron chi connectivity index (χ1n) is 1.85. The minimum absolute atomic E-state index is 0.146. The molecule has 0 heterocycles. The topological polar surface area (TPSA) is 44.1 Å². The Balaban J connectivity index is 4.23. The van der Waals surface area contributed by atoms with Crippen LogP contribution in [0, 0.1) is 5.41 Å². The van der Waals surface area contributed by atoms with Crippen molar-refractivity contribution in [1.82, 2.24) is 0 Å². The summed E-state index contributed by atoms with van der Waals surface area (Å²) in [4.78, 5) is 0. The predicted molar refractivity (Wildman–Crippen MR) is 42.9 cm³/mol. The lowest BCUT2D eigenvalue weighted by Gasteiger charge is -1.92. The van der Waals surface area contributed by atoms with Crippen LogP contribution < -0.4 is 0 Å². The van der Waals surface area contributed by atoms with E-state index in [0.29, 0.717) is 3.58 Å². The Morgan fingerprint density at radius 1 is 1.75 bits per heavy atom. The molecule has 0 aromatic carbocycles. The number of aliphatic hydroxyl groups is 1. The molecule has 46 valence electrons. The summed E-state index contributed by atoms with van der Waals surface area (Å²) in [6.07, 6.45) is 0. The average Bonchev–Trinajstić information content (AvgIpc) is 1.64. The monoisotopic (exact) mass is 245 g/mol. The van der Waals surface area contributed by atoms with Gasteiger partial charge in [-0.25, -0.2) is 0 Å². The van der Waals surface area contributed by atoms with E-state index in [1.807, 2.05) is 22.6 Å². The van der Waals surface area contributed by atoms with Crippen LogP contribution in [0.15, 0.2) is 9.34 Å². The van der Waals surface area contributed by atoms with Crippen molar-refractivity contribution in [3.8, 4) is 0 Å². The molecular weight excluding hydrogens is 240 g/mol. The van der Waals surface area contributed by atoms with Crippen LogP contribution in [-0.2, 0) is 0 Å². The quantitative estimate of drug-likeness (QED) is 0.416. The van der Waals surface area contributed by atoms with Gasteiger partial charge >= 0.3 is 0 Å². The normalized spacial score (nSPS) is 12.9.